The second kappa shape index (κ2) is 12.9. The average molecular weight is 583 g/mol. The highest BCUT2D eigenvalue weighted by molar-refractivity contribution is 6.07. The van der Waals surface area contributed by atoms with Gasteiger partial charge in [-0.1, -0.05) is 30.3 Å². The largest absolute Gasteiger partial charge is 0.493 e. The molecule has 0 spiro atoms. The van der Waals surface area contributed by atoms with Crippen LogP contribution in [0.3, 0.4) is 0 Å². The molecule has 0 saturated heterocycles. The lowest BCUT2D eigenvalue weighted by atomic mass is 9.99. The van der Waals surface area contributed by atoms with Crippen molar-refractivity contribution in [1.82, 2.24) is 20.2 Å². The van der Waals surface area contributed by atoms with Crippen molar-refractivity contribution >= 4 is 28.3 Å². The first-order chi connectivity index (χ1) is 21.5. The number of carbonyl (C=O) groups is 1. The van der Waals surface area contributed by atoms with E-state index < -0.39 is 0 Å². The molecule has 0 aliphatic carbocycles. The summed E-state index contributed by atoms with van der Waals surface area (Å²) in [6.45, 7) is 9.30. The van der Waals surface area contributed by atoms with Crippen LogP contribution in [0.4, 0.5) is 5.69 Å². The van der Waals surface area contributed by atoms with E-state index >= 15 is 0 Å². The molecule has 4 aromatic carbocycles. The summed E-state index contributed by atoms with van der Waals surface area (Å²) in [5, 5.41) is 2.96. The summed E-state index contributed by atoms with van der Waals surface area (Å²) in [7, 11) is 3.97. The molecular weight excluding hydrogens is 548 g/mol. The minimum Gasteiger partial charge on any atom is -0.493 e. The van der Waals surface area contributed by atoms with Crippen molar-refractivity contribution < 1.29 is 9.53 Å². The van der Waals surface area contributed by atoms with Crippen LogP contribution in [0.2, 0.25) is 0 Å². The molecule has 6 rings (SSSR count). The number of imidazole rings is 1. The number of fused-ring (bicyclic) bond motifs is 2. The van der Waals surface area contributed by atoms with Crippen molar-refractivity contribution in [2.45, 2.75) is 12.8 Å². The lowest BCUT2D eigenvalue weighted by molar-refractivity contribution is 0.0951. The maximum atomic E-state index is 12.4. The van der Waals surface area contributed by atoms with Gasteiger partial charge in [0.25, 0.3) is 5.91 Å². The van der Waals surface area contributed by atoms with Gasteiger partial charge in [0, 0.05) is 30.6 Å². The third-order valence-electron chi connectivity index (χ3n) is 7.65. The monoisotopic (exact) mass is 582 g/mol. The summed E-state index contributed by atoms with van der Waals surface area (Å²) in [6.07, 6.45) is 1.49. The summed E-state index contributed by atoms with van der Waals surface area (Å²) in [6, 6.07) is 28.3. The Morgan fingerprint density at radius 2 is 1.68 bits per heavy atom. The fourth-order valence-corrected chi connectivity index (χ4v) is 5.21. The number of aromatic amines is 1. The van der Waals surface area contributed by atoms with Gasteiger partial charge in [-0.15, -0.1) is 0 Å². The predicted octanol–water partition coefficient (Wildman–Crippen LogP) is 6.55. The van der Waals surface area contributed by atoms with Gasteiger partial charge < -0.3 is 24.8 Å². The molecule has 0 saturated carbocycles. The van der Waals surface area contributed by atoms with E-state index in [0.717, 1.165) is 75.6 Å². The summed E-state index contributed by atoms with van der Waals surface area (Å²) in [4.78, 5) is 31.1. The fraction of sp³-hybridized carbons (Fsp3) is 0.222. The average Bonchev–Trinajstić information content (AvgIpc) is 3.67. The molecule has 2 heterocycles. The number of nitrogens with one attached hydrogen (secondary N) is 2. The maximum absolute atomic E-state index is 12.4. The Balaban J connectivity index is 1.15. The van der Waals surface area contributed by atoms with Crippen molar-refractivity contribution in [2.75, 3.05) is 40.3 Å². The quantitative estimate of drug-likeness (QED) is 0.137. The van der Waals surface area contributed by atoms with Gasteiger partial charge in [-0.2, -0.15) is 0 Å². The lowest BCUT2D eigenvalue weighted by Crippen LogP contribution is -2.31. The third kappa shape index (κ3) is 6.54. The van der Waals surface area contributed by atoms with E-state index in [0.29, 0.717) is 25.3 Å². The summed E-state index contributed by atoms with van der Waals surface area (Å²) in [5.74, 6) is 1.53. The Morgan fingerprint density at radius 1 is 0.955 bits per heavy atom. The number of hydrogen-bond donors (Lipinski definition) is 2. The summed E-state index contributed by atoms with van der Waals surface area (Å²) in [5.41, 5.74) is 9.88. The third-order valence-corrected chi connectivity index (χ3v) is 7.65. The maximum Gasteiger partial charge on any atom is 0.251 e. The highest BCUT2D eigenvalue weighted by Gasteiger charge is 2.18. The first-order valence-electron chi connectivity index (χ1n) is 14.8. The van der Waals surface area contributed by atoms with Crippen LogP contribution < -0.4 is 10.1 Å². The molecule has 5 aromatic rings. The molecule has 2 N–H and O–H groups in total. The topological polar surface area (TPSA) is 87.0 Å². The number of amides is 1. The second-order valence-corrected chi connectivity index (χ2v) is 11.1. The molecular formula is C36H34N6O2. The molecule has 1 amide bonds. The summed E-state index contributed by atoms with van der Waals surface area (Å²) < 4.78 is 5.72. The van der Waals surface area contributed by atoms with Gasteiger partial charge in [-0.3, -0.25) is 9.79 Å². The minimum absolute atomic E-state index is 0.0614. The van der Waals surface area contributed by atoms with E-state index in [-0.39, 0.29) is 5.91 Å². The number of carbonyl (C=O) groups excluding carboxylic acids is 1. The van der Waals surface area contributed by atoms with Gasteiger partial charge in [0.05, 0.1) is 35.5 Å². The Bertz CT molecular complexity index is 1860. The second-order valence-electron chi connectivity index (χ2n) is 11.1. The summed E-state index contributed by atoms with van der Waals surface area (Å²) >= 11 is 0. The number of ether oxygens (including phenoxy) is 1. The van der Waals surface area contributed by atoms with Crippen LogP contribution in [-0.2, 0) is 6.42 Å². The van der Waals surface area contributed by atoms with Gasteiger partial charge in [0.1, 0.15) is 11.6 Å². The molecule has 1 aromatic heterocycles. The first-order valence-corrected chi connectivity index (χ1v) is 14.8. The first kappa shape index (κ1) is 28.8. The lowest BCUT2D eigenvalue weighted by Gasteiger charge is -2.10. The van der Waals surface area contributed by atoms with Crippen LogP contribution in [0.1, 0.15) is 27.9 Å². The van der Waals surface area contributed by atoms with Crippen LogP contribution in [0, 0.1) is 6.57 Å². The van der Waals surface area contributed by atoms with Crippen molar-refractivity contribution in [3.63, 3.8) is 0 Å². The highest BCUT2D eigenvalue weighted by atomic mass is 16.5. The molecule has 8 nitrogen and oxygen atoms in total. The molecule has 0 fully saturated rings. The Kier molecular flexibility index (Phi) is 8.48. The van der Waals surface area contributed by atoms with Crippen LogP contribution in [-0.4, -0.2) is 66.8 Å². The van der Waals surface area contributed by atoms with E-state index in [2.05, 4.69) is 45.5 Å². The van der Waals surface area contributed by atoms with Crippen molar-refractivity contribution in [1.29, 1.82) is 0 Å². The molecule has 8 heteroatoms. The molecule has 0 atom stereocenters. The minimum atomic E-state index is -0.0614. The van der Waals surface area contributed by atoms with Crippen molar-refractivity contribution in [2.24, 2.45) is 4.99 Å². The standard InChI is InChI=1S/C36H34N6O2/c1-37-17-4-20-44-30-14-11-25(12-15-30)35-40-31-16-13-28(22-34(31)41-35)27-9-10-29-23-32(39-33(29)21-27)24-5-7-26(8-6-24)36(43)38-18-19-42(2)3/h5-16,21-22H,4,17-20,23H2,2-3H3,(H,38,43)(H,40,41). The molecule has 1 aliphatic heterocycles. The normalized spacial score (nSPS) is 12.2. The van der Waals surface area contributed by atoms with Gasteiger partial charge in [0.2, 0.25) is 6.54 Å². The Morgan fingerprint density at radius 3 is 2.45 bits per heavy atom. The van der Waals surface area contributed by atoms with Crippen LogP contribution in [0.15, 0.2) is 89.9 Å². The molecule has 220 valence electrons. The predicted molar refractivity (Wildman–Crippen MR) is 176 cm³/mol. The van der Waals surface area contributed by atoms with E-state index in [9.17, 15) is 4.79 Å². The molecule has 0 radical (unpaired) electrons. The zero-order chi connectivity index (χ0) is 30.5. The number of nitrogens with zero attached hydrogens (tertiary/aromatic N) is 4. The molecule has 44 heavy (non-hydrogen) atoms. The number of aliphatic imine (C=N–C) groups is 1. The van der Waals surface area contributed by atoms with Gasteiger partial charge in [-0.05, 0) is 90.9 Å². The molecule has 1 aliphatic rings. The number of H-pyrrole nitrogens is 1. The smallest absolute Gasteiger partial charge is 0.251 e. The highest BCUT2D eigenvalue weighted by Crippen LogP contribution is 2.34. The van der Waals surface area contributed by atoms with Crippen molar-refractivity contribution in [3.05, 3.63) is 113 Å². The van der Waals surface area contributed by atoms with Crippen molar-refractivity contribution in [3.8, 4) is 28.3 Å². The number of hydrogen-bond acceptors (Lipinski definition) is 5. The zero-order valence-corrected chi connectivity index (χ0v) is 24.9. The molecule has 0 bridgehead atoms. The van der Waals surface area contributed by atoms with Crippen LogP contribution in [0.25, 0.3) is 38.4 Å². The van der Waals surface area contributed by atoms with E-state index in [1.54, 1.807) is 0 Å². The van der Waals surface area contributed by atoms with Gasteiger partial charge >= 0.3 is 0 Å². The number of rotatable bonds is 11. The molecule has 0 unspecified atom stereocenters. The Labute approximate surface area is 257 Å². The SMILES string of the molecule is [C-]#[N+]CCCOc1ccc(-c2nc3ccc(-c4ccc5c(c4)N=C(c4ccc(C(=O)NCCN(C)C)cc4)C5)cc3[nH]2)cc1. The van der Waals surface area contributed by atoms with E-state index in [1.165, 1.54) is 5.56 Å². The Hall–Kier alpha value is -5.26. The van der Waals surface area contributed by atoms with Crippen LogP contribution >= 0.6 is 0 Å². The van der Waals surface area contributed by atoms with Crippen LogP contribution in [0.5, 0.6) is 5.75 Å². The number of likely N-dealkylation sites (N-methyl/N-ethyl adjacent to an activating group) is 1. The van der Waals surface area contributed by atoms with Gasteiger partial charge in [-0.25, -0.2) is 11.6 Å². The number of aromatic nitrogens is 2. The number of benzene rings is 4. The van der Waals surface area contributed by atoms with E-state index in [4.69, 9.17) is 21.3 Å². The van der Waals surface area contributed by atoms with E-state index in [1.807, 2.05) is 73.6 Å². The fourth-order valence-electron chi connectivity index (χ4n) is 5.21. The van der Waals surface area contributed by atoms with Gasteiger partial charge in [0.15, 0.2) is 0 Å². The zero-order valence-electron chi connectivity index (χ0n) is 24.9.